The number of carbonyl (C=O) groups is 2. The fourth-order valence-electron chi connectivity index (χ4n) is 2.18. The Balaban J connectivity index is 2.10. The molecule has 2 aromatic carbocycles. The maximum atomic E-state index is 12.4. The summed E-state index contributed by atoms with van der Waals surface area (Å²) in [5.74, 6) is -0.0873. The second kappa shape index (κ2) is 8.77. The van der Waals surface area contributed by atoms with Crippen LogP contribution >= 0.6 is 28.1 Å². The number of hydrogen-bond acceptors (Lipinski definition) is 4. The topological polar surface area (TPSA) is 70.7 Å². The number of benzene rings is 2. The van der Waals surface area contributed by atoms with Gasteiger partial charge in [0.05, 0.1) is 12.7 Å². The van der Waals surface area contributed by atoms with Crippen LogP contribution in [-0.4, -0.2) is 43.0 Å². The third kappa shape index (κ3) is 5.03. The fraction of sp³-hybridized carbons (Fsp3) is 0.167. The van der Waals surface area contributed by atoms with E-state index >= 15 is 0 Å². The number of carbonyl (C=O) groups excluding carboxylic acids is 2. The molecule has 0 unspecified atom stereocenters. The van der Waals surface area contributed by atoms with Crippen LogP contribution in [0.15, 0.2) is 46.9 Å². The molecule has 0 saturated heterocycles. The number of thiocarbonyl (C=S) groups is 1. The number of ether oxygens (including phenoxy) is 1. The van der Waals surface area contributed by atoms with E-state index in [2.05, 4.69) is 26.6 Å². The van der Waals surface area contributed by atoms with Gasteiger partial charge in [0.1, 0.15) is 5.75 Å². The van der Waals surface area contributed by atoms with Crippen molar-refractivity contribution in [2.75, 3.05) is 26.5 Å². The molecule has 2 N–H and O–H groups in total. The van der Waals surface area contributed by atoms with E-state index in [1.807, 2.05) is 0 Å². The van der Waals surface area contributed by atoms with E-state index < -0.39 is 5.91 Å². The number of nitrogens with one attached hydrogen (secondary N) is 2. The smallest absolute Gasteiger partial charge is 0.261 e. The van der Waals surface area contributed by atoms with Crippen molar-refractivity contribution in [2.45, 2.75) is 0 Å². The van der Waals surface area contributed by atoms with Crippen molar-refractivity contribution in [1.29, 1.82) is 0 Å². The Morgan fingerprint density at radius 2 is 1.88 bits per heavy atom. The SMILES string of the molecule is COc1ccc(Br)cc1C(=O)NC(=S)Nc1cccc(C(=O)N(C)C)c1. The molecule has 8 heteroatoms. The molecule has 6 nitrogen and oxygen atoms in total. The quantitative estimate of drug-likeness (QED) is 0.720. The first kappa shape index (κ1) is 19.9. The zero-order chi connectivity index (χ0) is 19.3. The molecular formula is C18H18BrN3O3S. The number of rotatable bonds is 4. The van der Waals surface area contributed by atoms with E-state index in [1.54, 1.807) is 56.6 Å². The maximum Gasteiger partial charge on any atom is 0.261 e. The van der Waals surface area contributed by atoms with E-state index in [9.17, 15) is 9.59 Å². The molecule has 136 valence electrons. The largest absolute Gasteiger partial charge is 0.496 e. The lowest BCUT2D eigenvalue weighted by Gasteiger charge is -2.14. The first-order chi connectivity index (χ1) is 12.3. The lowest BCUT2D eigenvalue weighted by atomic mass is 10.2. The van der Waals surface area contributed by atoms with E-state index in [0.29, 0.717) is 22.6 Å². The maximum absolute atomic E-state index is 12.4. The van der Waals surface area contributed by atoms with Crippen LogP contribution in [0.1, 0.15) is 20.7 Å². The predicted molar refractivity (Wildman–Crippen MR) is 109 cm³/mol. The molecule has 0 atom stereocenters. The number of amides is 2. The van der Waals surface area contributed by atoms with Gasteiger partial charge in [-0.25, -0.2) is 0 Å². The third-order valence-corrected chi connectivity index (χ3v) is 4.10. The minimum absolute atomic E-state index is 0.117. The number of halogens is 1. The second-order valence-electron chi connectivity index (χ2n) is 5.53. The molecule has 0 aliphatic carbocycles. The molecule has 2 amide bonds. The van der Waals surface area contributed by atoms with Crippen LogP contribution in [0.4, 0.5) is 5.69 Å². The summed E-state index contributed by atoms with van der Waals surface area (Å²) in [5, 5.41) is 5.63. The first-order valence-corrected chi connectivity index (χ1v) is 8.79. The van der Waals surface area contributed by atoms with Gasteiger partial charge >= 0.3 is 0 Å². The van der Waals surface area contributed by atoms with E-state index in [1.165, 1.54) is 12.0 Å². The normalized spacial score (nSPS) is 10.0. The van der Waals surface area contributed by atoms with E-state index in [4.69, 9.17) is 17.0 Å². The van der Waals surface area contributed by atoms with Crippen LogP contribution in [0.5, 0.6) is 5.75 Å². The average Bonchev–Trinajstić information content (AvgIpc) is 2.60. The summed E-state index contributed by atoms with van der Waals surface area (Å²) < 4.78 is 5.95. The summed E-state index contributed by atoms with van der Waals surface area (Å²) in [6.45, 7) is 0. The minimum atomic E-state index is -0.402. The Morgan fingerprint density at radius 3 is 2.54 bits per heavy atom. The molecule has 0 aliphatic rings. The Morgan fingerprint density at radius 1 is 1.15 bits per heavy atom. The molecule has 0 radical (unpaired) electrons. The second-order valence-corrected chi connectivity index (χ2v) is 6.86. The van der Waals surface area contributed by atoms with Crippen molar-refractivity contribution in [3.05, 3.63) is 58.1 Å². The minimum Gasteiger partial charge on any atom is -0.496 e. The molecule has 26 heavy (non-hydrogen) atoms. The van der Waals surface area contributed by atoms with Crippen LogP contribution in [0.2, 0.25) is 0 Å². The lowest BCUT2D eigenvalue weighted by molar-refractivity contribution is 0.0827. The summed E-state index contributed by atoms with van der Waals surface area (Å²) in [5.41, 5.74) is 1.47. The summed E-state index contributed by atoms with van der Waals surface area (Å²) in [6.07, 6.45) is 0. The van der Waals surface area contributed by atoms with Crippen molar-refractivity contribution in [3.8, 4) is 5.75 Å². The van der Waals surface area contributed by atoms with Crippen molar-refractivity contribution in [1.82, 2.24) is 10.2 Å². The summed E-state index contributed by atoms with van der Waals surface area (Å²) in [4.78, 5) is 26.0. The molecule has 2 rings (SSSR count). The highest BCUT2D eigenvalue weighted by Crippen LogP contribution is 2.22. The Hall–Kier alpha value is -2.45. The molecule has 0 bridgehead atoms. The van der Waals surface area contributed by atoms with Crippen molar-refractivity contribution < 1.29 is 14.3 Å². The average molecular weight is 436 g/mol. The Bertz CT molecular complexity index is 855. The molecule has 0 fully saturated rings. The summed E-state index contributed by atoms with van der Waals surface area (Å²) >= 11 is 8.52. The molecule has 0 heterocycles. The zero-order valence-electron chi connectivity index (χ0n) is 14.5. The van der Waals surface area contributed by atoms with Crippen LogP contribution in [0.3, 0.4) is 0 Å². The number of anilines is 1. The molecule has 2 aromatic rings. The van der Waals surface area contributed by atoms with Gasteiger partial charge in [-0.15, -0.1) is 0 Å². The first-order valence-electron chi connectivity index (χ1n) is 7.59. The standard InChI is InChI=1S/C18H18BrN3O3S/c1-22(2)17(24)11-5-4-6-13(9-11)20-18(26)21-16(23)14-10-12(19)7-8-15(14)25-3/h4-10H,1-3H3,(H2,20,21,23,26). The molecule has 0 aliphatic heterocycles. The summed E-state index contributed by atoms with van der Waals surface area (Å²) in [7, 11) is 4.85. The van der Waals surface area contributed by atoms with Gasteiger partial charge in [0.2, 0.25) is 0 Å². The fourth-order valence-corrected chi connectivity index (χ4v) is 2.75. The van der Waals surface area contributed by atoms with Crippen LogP contribution < -0.4 is 15.4 Å². The van der Waals surface area contributed by atoms with Gasteiger partial charge in [-0.05, 0) is 48.6 Å². The summed E-state index contributed by atoms with van der Waals surface area (Å²) in [6, 6.07) is 12.0. The van der Waals surface area contributed by atoms with E-state index in [-0.39, 0.29) is 11.0 Å². The van der Waals surface area contributed by atoms with E-state index in [0.717, 1.165) is 4.47 Å². The monoisotopic (exact) mass is 435 g/mol. The van der Waals surface area contributed by atoms with Gasteiger partial charge in [0.25, 0.3) is 11.8 Å². The highest BCUT2D eigenvalue weighted by Gasteiger charge is 2.15. The van der Waals surface area contributed by atoms with Gasteiger partial charge in [-0.3, -0.25) is 14.9 Å². The molecule has 0 spiro atoms. The highest BCUT2D eigenvalue weighted by molar-refractivity contribution is 9.10. The van der Waals surface area contributed by atoms with Crippen molar-refractivity contribution >= 4 is 50.8 Å². The molecular weight excluding hydrogens is 418 g/mol. The number of hydrogen-bond donors (Lipinski definition) is 2. The van der Waals surface area contributed by atoms with Gasteiger partial charge in [-0.1, -0.05) is 22.0 Å². The van der Waals surface area contributed by atoms with Crippen molar-refractivity contribution in [3.63, 3.8) is 0 Å². The van der Waals surface area contributed by atoms with Gasteiger partial charge in [0.15, 0.2) is 5.11 Å². The van der Waals surface area contributed by atoms with Gasteiger partial charge < -0.3 is 15.0 Å². The van der Waals surface area contributed by atoms with Gasteiger partial charge in [-0.2, -0.15) is 0 Å². The Kier molecular flexibility index (Phi) is 6.70. The number of nitrogens with zero attached hydrogens (tertiary/aromatic N) is 1. The lowest BCUT2D eigenvalue weighted by Crippen LogP contribution is -2.34. The third-order valence-electron chi connectivity index (χ3n) is 3.41. The Labute approximate surface area is 165 Å². The molecule has 0 aromatic heterocycles. The predicted octanol–water partition coefficient (Wildman–Crippen LogP) is 3.29. The van der Waals surface area contributed by atoms with Crippen LogP contribution in [0.25, 0.3) is 0 Å². The zero-order valence-corrected chi connectivity index (χ0v) is 16.9. The van der Waals surface area contributed by atoms with Gasteiger partial charge in [0, 0.05) is 29.8 Å². The molecule has 0 saturated carbocycles. The van der Waals surface area contributed by atoms with Crippen LogP contribution in [0, 0.1) is 0 Å². The highest BCUT2D eigenvalue weighted by atomic mass is 79.9. The van der Waals surface area contributed by atoms with Crippen LogP contribution in [-0.2, 0) is 0 Å². The number of methoxy groups -OCH3 is 1. The van der Waals surface area contributed by atoms with Crippen molar-refractivity contribution in [2.24, 2.45) is 0 Å².